The monoisotopic (exact) mass is 786 g/mol. The number of rotatable bonds is 40. The number of carboxylic acids is 1. The Hall–Kier alpha value is -0.520. The molecular weight excluding hydrogens is 708 g/mol. The fraction of sp³-hybridized carbons (Fsp3) is 0.925. The van der Waals surface area contributed by atoms with Gasteiger partial charge in [-0.15, -0.1) is 0 Å². The van der Waals surface area contributed by atoms with Crippen LogP contribution in [0, 0.1) is 0 Å². The molecule has 3 N–H and O–H groups in total. The molecule has 11 nitrogen and oxygen atoms in total. The number of carbonyl (C=O) groups excluding carboxylic acids is 3. The molecule has 0 aliphatic heterocycles. The normalized spacial score (nSPS) is 13.5. The third-order valence-corrected chi connectivity index (χ3v) is 10.3. The maximum absolute atomic E-state index is 12.6. The average Bonchev–Trinajstić information content (AvgIpc) is 3.12. The summed E-state index contributed by atoms with van der Waals surface area (Å²) < 4.78 is 32.3. The number of phosphoric ester groups is 1. The number of carbonyl (C=O) groups is 3. The van der Waals surface area contributed by atoms with E-state index in [1.54, 1.807) is 0 Å². The first-order valence-electron chi connectivity index (χ1n) is 21.1. The molecule has 53 heavy (non-hydrogen) atoms. The van der Waals surface area contributed by atoms with Gasteiger partial charge in [-0.05, 0) is 12.8 Å². The minimum atomic E-state index is -4.94. The van der Waals surface area contributed by atoms with Crippen LogP contribution in [0.15, 0.2) is 0 Å². The number of esters is 2. The molecule has 0 spiro atoms. The zero-order valence-electron chi connectivity index (χ0n) is 34.2. The summed E-state index contributed by atoms with van der Waals surface area (Å²) in [6.45, 7) is 2.72. The van der Waals surface area contributed by atoms with Crippen molar-refractivity contribution < 1.29 is 82.8 Å². The minimum Gasteiger partial charge on any atom is -0.756 e. The van der Waals surface area contributed by atoms with Gasteiger partial charge >= 0.3 is 41.5 Å². The van der Waals surface area contributed by atoms with Crippen molar-refractivity contribution in [3.05, 3.63) is 0 Å². The molecule has 3 atom stereocenters. The van der Waals surface area contributed by atoms with Crippen LogP contribution in [0.25, 0.3) is 0 Å². The summed E-state index contributed by atoms with van der Waals surface area (Å²) in [6.07, 6.45) is 32.8. The Balaban J connectivity index is 0. The van der Waals surface area contributed by atoms with Crippen LogP contribution in [0.2, 0.25) is 0 Å². The first-order valence-corrected chi connectivity index (χ1v) is 22.6. The molecule has 3 unspecified atom stereocenters. The summed E-state index contributed by atoms with van der Waals surface area (Å²) in [5, 5.41) is 10.8. The second-order valence-corrected chi connectivity index (χ2v) is 16.0. The van der Waals surface area contributed by atoms with Crippen LogP contribution in [0.1, 0.15) is 206 Å². The first kappa shape index (κ1) is 54.6. The van der Waals surface area contributed by atoms with E-state index in [0.29, 0.717) is 12.8 Å². The van der Waals surface area contributed by atoms with Gasteiger partial charge in [0.1, 0.15) is 25.2 Å². The van der Waals surface area contributed by atoms with Crippen LogP contribution in [-0.2, 0) is 37.5 Å². The molecule has 0 radical (unpaired) electrons. The van der Waals surface area contributed by atoms with Crippen molar-refractivity contribution in [2.24, 2.45) is 0 Å². The average molecular weight is 786 g/mol. The summed E-state index contributed by atoms with van der Waals surface area (Å²) in [5.74, 6) is -2.56. The fourth-order valence-electron chi connectivity index (χ4n) is 6.01. The van der Waals surface area contributed by atoms with E-state index in [-0.39, 0.29) is 49.0 Å². The molecule has 0 fully saturated rings. The predicted octanol–water partition coefficient (Wildman–Crippen LogP) is 5.05. The van der Waals surface area contributed by atoms with E-state index in [1.807, 2.05) is 0 Å². The maximum Gasteiger partial charge on any atom is 1.00 e. The smallest absolute Gasteiger partial charge is 0.756 e. The number of hydrogen-bond acceptors (Lipinski definition) is 10. The van der Waals surface area contributed by atoms with Crippen molar-refractivity contribution in [2.45, 2.75) is 219 Å². The van der Waals surface area contributed by atoms with Gasteiger partial charge in [0.25, 0.3) is 7.82 Å². The molecule has 0 amide bonds. The van der Waals surface area contributed by atoms with E-state index in [9.17, 15) is 28.9 Å². The van der Waals surface area contributed by atoms with Crippen LogP contribution in [-0.4, -0.2) is 49.9 Å². The number of aliphatic carboxylic acids is 1. The Labute approximate surface area is 345 Å². The molecule has 0 aliphatic rings. The van der Waals surface area contributed by atoms with Gasteiger partial charge in [0, 0.05) is 12.8 Å². The van der Waals surface area contributed by atoms with Crippen molar-refractivity contribution in [2.75, 3.05) is 19.8 Å². The molecule has 0 rings (SSSR count). The molecule has 0 bridgehead atoms. The Morgan fingerprint density at radius 1 is 0.528 bits per heavy atom. The Bertz CT molecular complexity index is 913. The van der Waals surface area contributed by atoms with Crippen LogP contribution >= 0.6 is 7.82 Å². The van der Waals surface area contributed by atoms with Gasteiger partial charge in [-0.2, -0.15) is 0 Å². The number of unbranched alkanes of at least 4 members (excludes halogenated alkanes) is 26. The number of carboxylic acid groups (broad SMARTS) is 1. The molecule has 0 aromatic heterocycles. The SMILES string of the molecule is CCCCCCCCCCCCCCCCC(=O)OCC(COP(=O)([O-])OCC([NH3+])C(=O)[O-])OC(=O)CCCCCCCCCCCCCCCC.[Na+]. The number of ether oxygens (including phenoxy) is 2. The first-order chi connectivity index (χ1) is 25.1. The van der Waals surface area contributed by atoms with Crippen LogP contribution in [0.3, 0.4) is 0 Å². The van der Waals surface area contributed by atoms with Crippen molar-refractivity contribution in [1.29, 1.82) is 0 Å². The molecule has 308 valence electrons. The number of phosphoric acid groups is 1. The zero-order chi connectivity index (χ0) is 38.5. The van der Waals surface area contributed by atoms with Crippen LogP contribution < -0.4 is 45.3 Å². The summed E-state index contributed by atoms with van der Waals surface area (Å²) in [5.41, 5.74) is 3.24. The van der Waals surface area contributed by atoms with Crippen molar-refractivity contribution in [3.63, 3.8) is 0 Å². The standard InChI is InChI=1S/C40H78NO10P.Na/c1-3-5-7-9-11-13-15-17-19-21-23-25-27-29-31-38(42)48-33-36(34-49-52(46,47)50-35-37(41)40(44)45)51-39(43)32-30-28-26-24-22-20-18-16-14-12-10-8-6-4-2;/h36-37H,3-35,41H2,1-2H3,(H,44,45)(H,46,47);/q;+1/p-1. The van der Waals surface area contributed by atoms with Crippen LogP contribution in [0.5, 0.6) is 0 Å². The topological polar surface area (TPSA) is 179 Å². The molecule has 0 aliphatic carbocycles. The number of hydrogen-bond donors (Lipinski definition) is 1. The van der Waals surface area contributed by atoms with Gasteiger partial charge in [0.05, 0.1) is 6.61 Å². The predicted molar refractivity (Wildman–Crippen MR) is 202 cm³/mol. The van der Waals surface area contributed by atoms with Gasteiger partial charge in [-0.3, -0.25) is 14.2 Å². The van der Waals surface area contributed by atoms with Gasteiger partial charge in [0.2, 0.25) is 0 Å². The summed E-state index contributed by atoms with van der Waals surface area (Å²) >= 11 is 0. The van der Waals surface area contributed by atoms with Gasteiger partial charge in [-0.1, -0.05) is 181 Å². The number of quaternary nitrogens is 1. The quantitative estimate of drug-likeness (QED) is 0.0383. The largest absolute Gasteiger partial charge is 1.00 e. The molecule has 0 aromatic rings. The molecule has 0 saturated heterocycles. The molecule has 0 heterocycles. The Morgan fingerprint density at radius 3 is 1.21 bits per heavy atom. The van der Waals surface area contributed by atoms with E-state index < -0.39 is 51.1 Å². The third kappa shape index (κ3) is 39.5. The zero-order valence-corrected chi connectivity index (χ0v) is 37.1. The second kappa shape index (κ2) is 39.7. The van der Waals surface area contributed by atoms with Crippen LogP contribution in [0.4, 0.5) is 0 Å². The van der Waals surface area contributed by atoms with Gasteiger partial charge in [-0.25, -0.2) is 0 Å². The van der Waals surface area contributed by atoms with Crippen molar-refractivity contribution in [3.8, 4) is 0 Å². The third-order valence-electron chi connectivity index (χ3n) is 9.38. The molecule has 0 saturated carbocycles. The molecular formula is C40H77NNaO10P. The van der Waals surface area contributed by atoms with Gasteiger partial charge < -0.3 is 39.0 Å². The van der Waals surface area contributed by atoms with E-state index >= 15 is 0 Å². The van der Waals surface area contributed by atoms with E-state index in [0.717, 1.165) is 38.5 Å². The Kier molecular flexibility index (Phi) is 40.9. The van der Waals surface area contributed by atoms with E-state index in [1.165, 1.54) is 128 Å². The maximum atomic E-state index is 12.6. The summed E-state index contributed by atoms with van der Waals surface area (Å²) in [4.78, 5) is 48.0. The molecule has 13 heteroatoms. The van der Waals surface area contributed by atoms with Gasteiger partial charge in [0.15, 0.2) is 6.10 Å². The van der Waals surface area contributed by atoms with Crippen molar-refractivity contribution in [1.82, 2.24) is 0 Å². The Morgan fingerprint density at radius 2 is 0.849 bits per heavy atom. The summed E-state index contributed by atoms with van der Waals surface area (Å²) in [6, 6.07) is -1.42. The van der Waals surface area contributed by atoms with E-state index in [2.05, 4.69) is 24.1 Å². The molecule has 0 aromatic carbocycles. The second-order valence-electron chi connectivity index (χ2n) is 14.5. The fourth-order valence-corrected chi connectivity index (χ4v) is 6.79. The van der Waals surface area contributed by atoms with Crippen molar-refractivity contribution >= 4 is 25.7 Å². The summed E-state index contributed by atoms with van der Waals surface area (Å²) in [7, 11) is -4.94. The van der Waals surface area contributed by atoms with E-state index in [4.69, 9.17) is 14.0 Å². The minimum absolute atomic E-state index is 0.